The molecule has 0 aliphatic heterocycles. The fourth-order valence-electron chi connectivity index (χ4n) is 1.94. The van der Waals surface area contributed by atoms with Crippen LogP contribution in [0.4, 0.5) is 17.6 Å². The van der Waals surface area contributed by atoms with E-state index in [2.05, 4.69) is 11.8 Å². The summed E-state index contributed by atoms with van der Waals surface area (Å²) in [6.45, 7) is 1.90. The first-order valence-corrected chi connectivity index (χ1v) is 6.45. The van der Waals surface area contributed by atoms with Gasteiger partial charge in [-0.3, -0.25) is 0 Å². The molecule has 4 heteroatoms. The zero-order chi connectivity index (χ0) is 15.4. The Kier molecular flexibility index (Phi) is 4.64. The van der Waals surface area contributed by atoms with Crippen LogP contribution in [0.5, 0.6) is 0 Å². The van der Waals surface area contributed by atoms with Gasteiger partial charge in [0.1, 0.15) is 23.3 Å². The van der Waals surface area contributed by atoms with Crippen LogP contribution in [0.25, 0.3) is 0 Å². The molecule has 0 fully saturated rings. The number of hydrogen-bond donors (Lipinski definition) is 0. The van der Waals surface area contributed by atoms with Gasteiger partial charge >= 0.3 is 0 Å². The highest BCUT2D eigenvalue weighted by molar-refractivity contribution is 5.45. The van der Waals surface area contributed by atoms with Gasteiger partial charge in [-0.15, -0.1) is 0 Å². The zero-order valence-corrected chi connectivity index (χ0v) is 11.3. The fraction of sp³-hybridized carbons (Fsp3) is 0.176. The van der Waals surface area contributed by atoms with Crippen molar-refractivity contribution in [3.63, 3.8) is 0 Å². The van der Waals surface area contributed by atoms with E-state index in [0.29, 0.717) is 18.1 Å². The van der Waals surface area contributed by atoms with Gasteiger partial charge in [0.15, 0.2) is 0 Å². The standard InChI is InChI=1S/C17H12F4/c1-2-3-11-8-16(20)15(17(21)9-11)5-4-12-6-13(18)10-14(19)7-12/h6-10H,2-3H2,1H3. The van der Waals surface area contributed by atoms with Gasteiger partial charge in [-0.05, 0) is 36.2 Å². The molecule has 0 unspecified atom stereocenters. The lowest BCUT2D eigenvalue weighted by Crippen LogP contribution is -1.95. The van der Waals surface area contributed by atoms with E-state index in [-0.39, 0.29) is 5.56 Å². The van der Waals surface area contributed by atoms with Gasteiger partial charge in [0.2, 0.25) is 0 Å². The Morgan fingerprint density at radius 2 is 1.38 bits per heavy atom. The minimum absolute atomic E-state index is 0.0175. The van der Waals surface area contributed by atoms with Crippen molar-refractivity contribution >= 4 is 0 Å². The Morgan fingerprint density at radius 1 is 0.810 bits per heavy atom. The quantitative estimate of drug-likeness (QED) is 0.561. The van der Waals surface area contributed by atoms with E-state index in [4.69, 9.17) is 0 Å². The first kappa shape index (κ1) is 15.1. The highest BCUT2D eigenvalue weighted by atomic mass is 19.1. The van der Waals surface area contributed by atoms with Crippen molar-refractivity contribution in [3.8, 4) is 11.8 Å². The van der Waals surface area contributed by atoms with Crippen LogP contribution in [0.2, 0.25) is 0 Å². The lowest BCUT2D eigenvalue weighted by Gasteiger charge is -2.02. The van der Waals surface area contributed by atoms with Crippen LogP contribution < -0.4 is 0 Å². The van der Waals surface area contributed by atoms with Crippen LogP contribution in [0.1, 0.15) is 30.0 Å². The molecular weight excluding hydrogens is 280 g/mol. The van der Waals surface area contributed by atoms with E-state index in [1.54, 1.807) is 0 Å². The first-order chi connectivity index (χ1) is 9.99. The van der Waals surface area contributed by atoms with Crippen LogP contribution in [-0.4, -0.2) is 0 Å². The second-order valence-electron chi connectivity index (χ2n) is 4.59. The maximum Gasteiger partial charge on any atom is 0.142 e. The number of benzene rings is 2. The molecule has 2 aromatic rings. The van der Waals surface area contributed by atoms with Crippen molar-refractivity contribution in [3.05, 3.63) is 70.3 Å². The predicted octanol–water partition coefficient (Wildman–Crippen LogP) is 4.60. The zero-order valence-electron chi connectivity index (χ0n) is 11.3. The van der Waals surface area contributed by atoms with Gasteiger partial charge in [0, 0.05) is 11.6 Å². The third-order valence-electron chi connectivity index (χ3n) is 2.83. The van der Waals surface area contributed by atoms with E-state index in [1.807, 2.05) is 6.92 Å². The van der Waals surface area contributed by atoms with Crippen molar-refractivity contribution in [1.29, 1.82) is 0 Å². The molecule has 0 spiro atoms. The molecule has 0 aliphatic rings. The maximum absolute atomic E-state index is 13.8. The number of rotatable bonds is 2. The smallest absolute Gasteiger partial charge is 0.142 e. The molecule has 2 aromatic carbocycles. The average molecular weight is 292 g/mol. The SMILES string of the molecule is CCCc1cc(F)c(C#Cc2cc(F)cc(F)c2)c(F)c1. The molecule has 21 heavy (non-hydrogen) atoms. The van der Waals surface area contributed by atoms with Crippen LogP contribution in [-0.2, 0) is 6.42 Å². The average Bonchev–Trinajstić information content (AvgIpc) is 2.36. The second kappa shape index (κ2) is 6.45. The number of aryl methyl sites for hydroxylation is 1. The molecule has 2 rings (SSSR count). The number of halogens is 4. The third kappa shape index (κ3) is 3.85. The molecule has 0 saturated carbocycles. The van der Waals surface area contributed by atoms with Crippen molar-refractivity contribution < 1.29 is 17.6 Å². The van der Waals surface area contributed by atoms with Crippen molar-refractivity contribution in [2.75, 3.05) is 0 Å². The van der Waals surface area contributed by atoms with Crippen molar-refractivity contribution in [2.24, 2.45) is 0 Å². The van der Waals surface area contributed by atoms with Crippen LogP contribution in [0.3, 0.4) is 0 Å². The minimum Gasteiger partial charge on any atom is -0.207 e. The summed E-state index contributed by atoms with van der Waals surface area (Å²) >= 11 is 0. The summed E-state index contributed by atoms with van der Waals surface area (Å²) in [4.78, 5) is 0. The molecule has 0 N–H and O–H groups in total. The lowest BCUT2D eigenvalue weighted by atomic mass is 10.1. The molecule has 0 atom stereocenters. The van der Waals surface area contributed by atoms with Crippen molar-refractivity contribution in [1.82, 2.24) is 0 Å². The third-order valence-corrected chi connectivity index (χ3v) is 2.83. The Morgan fingerprint density at radius 3 is 1.90 bits per heavy atom. The highest BCUT2D eigenvalue weighted by Gasteiger charge is 2.09. The Labute approximate surface area is 120 Å². The first-order valence-electron chi connectivity index (χ1n) is 6.45. The minimum atomic E-state index is -0.793. The monoisotopic (exact) mass is 292 g/mol. The summed E-state index contributed by atoms with van der Waals surface area (Å²) in [5.74, 6) is 1.52. The van der Waals surface area contributed by atoms with Crippen LogP contribution >= 0.6 is 0 Å². The molecule has 108 valence electrons. The largest absolute Gasteiger partial charge is 0.207 e. The Bertz CT molecular complexity index is 680. The molecule has 0 bridgehead atoms. The summed E-state index contributed by atoms with van der Waals surface area (Å²) in [6.07, 6.45) is 1.34. The van der Waals surface area contributed by atoms with Crippen LogP contribution in [0, 0.1) is 35.1 Å². The van der Waals surface area contributed by atoms with E-state index < -0.39 is 28.8 Å². The molecule has 0 amide bonds. The molecular formula is C17H12F4. The summed E-state index contributed by atoms with van der Waals surface area (Å²) in [5.41, 5.74) is 0.165. The molecule has 0 radical (unpaired) electrons. The maximum atomic E-state index is 13.8. The van der Waals surface area contributed by atoms with Gasteiger partial charge in [-0.2, -0.15) is 0 Å². The molecule has 0 saturated heterocycles. The lowest BCUT2D eigenvalue weighted by molar-refractivity contribution is 0.573. The summed E-state index contributed by atoms with van der Waals surface area (Å²) in [6, 6.07) is 5.14. The number of hydrogen-bond acceptors (Lipinski definition) is 0. The molecule has 0 nitrogen and oxygen atoms in total. The summed E-state index contributed by atoms with van der Waals surface area (Å²) in [7, 11) is 0. The normalized spacial score (nSPS) is 10.1. The van der Waals surface area contributed by atoms with Crippen LogP contribution in [0.15, 0.2) is 30.3 Å². The van der Waals surface area contributed by atoms with Gasteiger partial charge < -0.3 is 0 Å². The summed E-state index contributed by atoms with van der Waals surface area (Å²) < 4.78 is 53.6. The second-order valence-corrected chi connectivity index (χ2v) is 4.59. The Hall–Kier alpha value is -2.28. The fourth-order valence-corrected chi connectivity index (χ4v) is 1.94. The van der Waals surface area contributed by atoms with E-state index >= 15 is 0 Å². The predicted molar refractivity (Wildman–Crippen MR) is 72.7 cm³/mol. The topological polar surface area (TPSA) is 0 Å². The summed E-state index contributed by atoms with van der Waals surface area (Å²) in [5, 5.41) is 0. The van der Waals surface area contributed by atoms with Gasteiger partial charge in [0.25, 0.3) is 0 Å². The van der Waals surface area contributed by atoms with E-state index in [0.717, 1.165) is 18.6 Å². The Balaban J connectivity index is 2.38. The van der Waals surface area contributed by atoms with E-state index in [9.17, 15) is 17.6 Å². The highest BCUT2D eigenvalue weighted by Crippen LogP contribution is 2.16. The molecule has 0 aromatic heterocycles. The van der Waals surface area contributed by atoms with Crippen molar-refractivity contribution in [2.45, 2.75) is 19.8 Å². The molecule has 0 heterocycles. The van der Waals surface area contributed by atoms with Gasteiger partial charge in [-0.1, -0.05) is 25.2 Å². The molecule has 0 aliphatic carbocycles. The van der Waals surface area contributed by atoms with Gasteiger partial charge in [0.05, 0.1) is 5.56 Å². The van der Waals surface area contributed by atoms with E-state index in [1.165, 1.54) is 12.1 Å². The van der Waals surface area contributed by atoms with Gasteiger partial charge in [-0.25, -0.2) is 17.6 Å².